The molecule has 0 unspecified atom stereocenters. The number of rotatable bonds is 4. The summed E-state index contributed by atoms with van der Waals surface area (Å²) in [6, 6.07) is 53.2. The van der Waals surface area contributed by atoms with Gasteiger partial charge in [-0.3, -0.25) is 0 Å². The van der Waals surface area contributed by atoms with Crippen molar-refractivity contribution >= 4 is 38.4 Å². The van der Waals surface area contributed by atoms with Crippen molar-refractivity contribution in [2.75, 3.05) is 14.2 Å². The number of nitrogens with zero attached hydrogens (tertiary/aromatic N) is 3. The molecule has 2 heterocycles. The van der Waals surface area contributed by atoms with Gasteiger partial charge in [0.1, 0.15) is 22.7 Å². The predicted molar refractivity (Wildman–Crippen MR) is 428 cm³/mol. The fourth-order valence-electron chi connectivity index (χ4n) is 11.2. The van der Waals surface area contributed by atoms with Gasteiger partial charge in [0.05, 0.1) is 19.8 Å². The van der Waals surface area contributed by atoms with Crippen LogP contribution in [-0.4, -0.2) is 14.2 Å². The Bertz CT molecular complexity index is 4140. The average Bonchev–Trinajstić information content (AvgIpc) is 0.804. The van der Waals surface area contributed by atoms with Crippen molar-refractivity contribution in [1.29, 1.82) is 0 Å². The summed E-state index contributed by atoms with van der Waals surface area (Å²) in [6.07, 6.45) is 5.79. The number of hydrogen-bond acceptors (Lipinski definition) is 7. The first-order chi connectivity index (χ1) is 46.9. The first kappa shape index (κ1) is 88.1. The second-order valence-electron chi connectivity index (χ2n) is 34.9. The normalized spacial score (nSPS) is 12.9. The van der Waals surface area contributed by atoms with Gasteiger partial charge in [0.15, 0.2) is 0 Å². The minimum absolute atomic E-state index is 0.0186. The van der Waals surface area contributed by atoms with Crippen molar-refractivity contribution in [1.82, 2.24) is 0 Å². The van der Waals surface area contributed by atoms with E-state index in [0.29, 0.717) is 33.3 Å². The lowest BCUT2D eigenvalue weighted by molar-refractivity contribution is -0.137. The van der Waals surface area contributed by atoms with Crippen LogP contribution in [0.25, 0.3) is 43.2 Å². The molecule has 0 atom stereocenters. The van der Waals surface area contributed by atoms with Crippen LogP contribution in [-0.2, 0) is 38.7 Å². The number of hydrogen-bond donors (Lipinski definition) is 0. The molecule has 0 saturated heterocycles. The molecule has 1 saturated carbocycles. The molecule has 0 bridgehead atoms. The summed E-state index contributed by atoms with van der Waals surface area (Å²) in [5.41, 5.74) is 16.4. The van der Waals surface area contributed by atoms with E-state index in [9.17, 15) is 22.8 Å². The summed E-state index contributed by atoms with van der Waals surface area (Å²) >= 11 is 0. The Morgan fingerprint density at radius 1 is 0.422 bits per heavy atom. The Hall–Kier alpha value is -8.08. The van der Waals surface area contributed by atoms with Crippen LogP contribution < -0.4 is 20.7 Å². The standard InChI is InChI=1S/C14H16O3.C14H16.C13H14O2.C11H13F3.C11H16O.C10H13N3.C10H20.C7H16/c1-14(2,3)11-7-9-5-6-10(16-4)8-12(9)17-13(11)15;1-14(2,3)13-9-8-11-6-4-5-7-12(11)10-13;1-13(2,3)10-8-9-6-4-5-7-11(9)15-12(10)14;1-10(2,3)8-4-6-9(7-5-8)11(12,13)14;1-11(2,3)9-5-7-10(12-4)8-6-9;1-10(2,3)8-6-4-5-7-9(8)12-13-11;1-10(2,3)9-7-5-4-6-8-9;1-5-6-7(2,3)4/h5-8H,1-4H3;4-10H,1-3H3;4-8H,1-3H3;4-7H,1-3H3;5-8H,1-4H3;4-7H,1-3H3;9H,4-8H2,1-3H3;5-6H2,1-4H3. The molecule has 0 radical (unpaired) electrons. The fraction of sp³-hybridized carbons (Fsp3) is 0.489. The molecule has 9 aromatic rings. The molecular weight excluding hydrogens is 1280 g/mol. The van der Waals surface area contributed by atoms with E-state index in [0.717, 1.165) is 57.0 Å². The number of para-hydroxylation sites is 1. The zero-order chi connectivity index (χ0) is 77.5. The highest BCUT2D eigenvalue weighted by Gasteiger charge is 2.31. The van der Waals surface area contributed by atoms with E-state index in [-0.39, 0.29) is 43.7 Å². The van der Waals surface area contributed by atoms with E-state index in [1.165, 1.54) is 79.0 Å². The molecule has 0 spiro atoms. The van der Waals surface area contributed by atoms with Crippen LogP contribution >= 0.6 is 0 Å². The lowest BCUT2D eigenvalue weighted by atomic mass is 9.72. The minimum Gasteiger partial charge on any atom is -0.497 e. The first-order valence-corrected chi connectivity index (χ1v) is 36.1. The molecule has 556 valence electrons. The highest BCUT2D eigenvalue weighted by atomic mass is 19.4. The quantitative estimate of drug-likeness (QED) is 0.0747. The highest BCUT2D eigenvalue weighted by Crippen LogP contribution is 2.38. The molecule has 0 amide bonds. The van der Waals surface area contributed by atoms with E-state index in [2.05, 4.69) is 175 Å². The molecule has 1 aliphatic rings. The van der Waals surface area contributed by atoms with Gasteiger partial charge in [-0.25, -0.2) is 9.59 Å². The Kier molecular flexibility index (Phi) is 32.8. The lowest BCUT2D eigenvalue weighted by Gasteiger charge is -2.33. The minimum atomic E-state index is -4.24. The maximum absolute atomic E-state index is 12.2. The summed E-state index contributed by atoms with van der Waals surface area (Å²) < 4.78 is 57.4. The van der Waals surface area contributed by atoms with Gasteiger partial charge in [0.25, 0.3) is 0 Å². The van der Waals surface area contributed by atoms with E-state index in [1.807, 2.05) is 147 Å². The third-order valence-electron chi connectivity index (χ3n) is 17.5. The summed E-state index contributed by atoms with van der Waals surface area (Å²) in [5, 5.41) is 8.19. The number of alkyl halides is 3. The van der Waals surface area contributed by atoms with E-state index in [1.54, 1.807) is 20.3 Å². The molecule has 1 fully saturated rings. The molecule has 10 rings (SSSR count). The predicted octanol–water partition coefficient (Wildman–Crippen LogP) is 27.7. The van der Waals surface area contributed by atoms with Crippen LogP contribution in [0.1, 0.15) is 257 Å². The summed E-state index contributed by atoms with van der Waals surface area (Å²) in [6.45, 7) is 53.7. The van der Waals surface area contributed by atoms with Gasteiger partial charge in [-0.15, -0.1) is 0 Å². The molecule has 12 heteroatoms. The number of ether oxygens (including phenoxy) is 2. The highest BCUT2D eigenvalue weighted by molar-refractivity contribution is 5.83. The topological polar surface area (TPSA) is 128 Å². The fourth-order valence-corrected chi connectivity index (χ4v) is 11.2. The second kappa shape index (κ2) is 37.9. The summed E-state index contributed by atoms with van der Waals surface area (Å²) in [4.78, 5) is 26.4. The van der Waals surface area contributed by atoms with Crippen molar-refractivity contribution in [3.05, 3.63) is 240 Å². The van der Waals surface area contributed by atoms with Gasteiger partial charge in [0, 0.05) is 38.6 Å². The lowest BCUT2D eigenvalue weighted by Crippen LogP contribution is -2.22. The van der Waals surface area contributed by atoms with Crippen molar-refractivity contribution < 1.29 is 31.5 Å². The van der Waals surface area contributed by atoms with Gasteiger partial charge in [-0.05, 0) is 162 Å². The van der Waals surface area contributed by atoms with Gasteiger partial charge in [-0.1, -0.05) is 313 Å². The van der Waals surface area contributed by atoms with Gasteiger partial charge in [-0.2, -0.15) is 13.2 Å². The van der Waals surface area contributed by atoms with Crippen molar-refractivity contribution in [2.24, 2.45) is 21.9 Å². The van der Waals surface area contributed by atoms with Gasteiger partial charge >= 0.3 is 17.4 Å². The van der Waals surface area contributed by atoms with Gasteiger partial charge in [0.2, 0.25) is 0 Å². The third-order valence-corrected chi connectivity index (χ3v) is 17.5. The molecule has 7 aromatic carbocycles. The second-order valence-corrected chi connectivity index (χ2v) is 34.9. The van der Waals surface area contributed by atoms with E-state index >= 15 is 0 Å². The average molecular weight is 1400 g/mol. The summed E-state index contributed by atoms with van der Waals surface area (Å²) in [7, 11) is 3.27. The van der Waals surface area contributed by atoms with Crippen LogP contribution in [0.2, 0.25) is 0 Å². The van der Waals surface area contributed by atoms with Crippen molar-refractivity contribution in [2.45, 2.75) is 257 Å². The number of benzene rings is 7. The van der Waals surface area contributed by atoms with E-state index in [4.69, 9.17) is 23.8 Å². The molecule has 1 aliphatic carbocycles. The molecule has 0 aliphatic heterocycles. The van der Waals surface area contributed by atoms with Crippen LogP contribution in [0, 0.1) is 16.7 Å². The molecule has 9 nitrogen and oxygen atoms in total. The van der Waals surface area contributed by atoms with Crippen LogP contribution in [0.3, 0.4) is 0 Å². The maximum Gasteiger partial charge on any atom is 0.416 e. The third kappa shape index (κ3) is 30.5. The van der Waals surface area contributed by atoms with Crippen molar-refractivity contribution in [3.8, 4) is 11.5 Å². The number of fused-ring (bicyclic) bond motifs is 3. The van der Waals surface area contributed by atoms with Crippen LogP contribution in [0.5, 0.6) is 11.5 Å². The maximum atomic E-state index is 12.2. The summed E-state index contributed by atoms with van der Waals surface area (Å²) in [5.74, 6) is 2.61. The Labute approximate surface area is 611 Å². The monoisotopic (exact) mass is 1400 g/mol. The Balaban J connectivity index is 0.000000306. The van der Waals surface area contributed by atoms with Crippen LogP contribution in [0.15, 0.2) is 193 Å². The zero-order valence-corrected chi connectivity index (χ0v) is 67.1. The van der Waals surface area contributed by atoms with E-state index < -0.39 is 11.7 Å². The first-order valence-electron chi connectivity index (χ1n) is 36.1. The number of halogens is 3. The smallest absolute Gasteiger partial charge is 0.416 e. The SMILES string of the molecule is CC(C)(C)C1CCCCC1.CC(C)(C)c1cc2ccccc2oc1=O.CC(C)(C)c1ccc(C(F)(F)F)cc1.CC(C)(C)c1ccc2ccccc2c1.CC(C)(C)c1ccccc1N=[N+]=[N-].CCCC(C)(C)C.COc1ccc(C(C)(C)C)cc1.COc1ccc2cc(C(C)(C)C)c(=O)oc2c1. The molecular formula is C90H124F3N3O6. The van der Waals surface area contributed by atoms with Crippen molar-refractivity contribution in [3.63, 3.8) is 0 Å². The molecule has 0 N–H and O–H groups in total. The zero-order valence-electron chi connectivity index (χ0n) is 67.1. The number of azide groups is 1. The molecule has 2 aromatic heterocycles. The Morgan fingerprint density at radius 3 is 1.23 bits per heavy atom. The number of methoxy groups -OCH3 is 2. The molecule has 102 heavy (non-hydrogen) atoms. The van der Waals surface area contributed by atoms with Crippen LogP contribution in [0.4, 0.5) is 18.9 Å². The van der Waals surface area contributed by atoms with Gasteiger partial charge < -0.3 is 18.3 Å². The largest absolute Gasteiger partial charge is 0.497 e. The Morgan fingerprint density at radius 2 is 0.814 bits per heavy atom.